The molecule has 1 aliphatic rings. The van der Waals surface area contributed by atoms with Crippen molar-refractivity contribution in [2.24, 2.45) is 11.8 Å². The summed E-state index contributed by atoms with van der Waals surface area (Å²) >= 11 is 0. The summed E-state index contributed by atoms with van der Waals surface area (Å²) in [6.07, 6.45) is 4.63. The van der Waals surface area contributed by atoms with E-state index >= 15 is 0 Å². The van der Waals surface area contributed by atoms with E-state index in [0.717, 1.165) is 37.8 Å². The van der Waals surface area contributed by atoms with Crippen LogP contribution in [0.2, 0.25) is 19.1 Å². The zero-order valence-corrected chi connectivity index (χ0v) is 19.3. The van der Waals surface area contributed by atoms with Crippen LogP contribution in [-0.2, 0) is 4.74 Å². The average molecular weight is 390 g/mol. The molecule has 0 bridgehead atoms. The monoisotopic (exact) mass is 389 g/mol. The highest BCUT2D eigenvalue weighted by atomic mass is 28.3. The van der Waals surface area contributed by atoms with Crippen molar-refractivity contribution in [2.45, 2.75) is 78.1 Å². The summed E-state index contributed by atoms with van der Waals surface area (Å²) in [4.78, 5) is 14.2. The number of amides is 1. The quantitative estimate of drug-likeness (QED) is 0.587. The molecule has 1 heterocycles. The first kappa shape index (κ1) is 22.0. The van der Waals surface area contributed by atoms with E-state index in [2.05, 4.69) is 50.3 Å². The van der Waals surface area contributed by atoms with E-state index in [1.165, 1.54) is 18.9 Å². The molecule has 27 heavy (non-hydrogen) atoms. The fraction of sp³-hybridized carbons (Fsp3) is 0.696. The van der Waals surface area contributed by atoms with Crippen molar-refractivity contribution in [2.75, 3.05) is 13.1 Å². The van der Waals surface area contributed by atoms with E-state index in [1.54, 1.807) is 5.19 Å². The SMILES string of the molecule is CCCC(C[Si](C)(C)c1ccccc1)C1CCN(C(=O)OC(C)(C)C)CC1. The molecule has 0 aromatic heterocycles. The van der Waals surface area contributed by atoms with Gasteiger partial charge in [0.25, 0.3) is 0 Å². The Hall–Kier alpha value is -1.29. The number of rotatable bonds is 6. The van der Waals surface area contributed by atoms with Gasteiger partial charge in [-0.05, 0) is 45.4 Å². The predicted octanol–water partition coefficient (Wildman–Crippen LogP) is 5.67. The van der Waals surface area contributed by atoms with Gasteiger partial charge in [-0.1, -0.05) is 74.4 Å². The molecule has 2 rings (SSSR count). The molecule has 1 aliphatic heterocycles. The second-order valence-electron chi connectivity index (χ2n) is 9.81. The van der Waals surface area contributed by atoms with Gasteiger partial charge in [-0.25, -0.2) is 4.79 Å². The third-order valence-corrected chi connectivity index (χ3v) is 9.29. The highest BCUT2D eigenvalue weighted by Gasteiger charge is 2.34. The Labute approximate surface area is 167 Å². The molecule has 1 atom stereocenters. The summed E-state index contributed by atoms with van der Waals surface area (Å²) in [5, 5.41) is 1.57. The first-order chi connectivity index (χ1) is 12.6. The molecule has 0 N–H and O–H groups in total. The Morgan fingerprint density at radius 3 is 2.30 bits per heavy atom. The van der Waals surface area contributed by atoms with E-state index in [1.807, 2.05) is 25.7 Å². The number of hydrogen-bond donors (Lipinski definition) is 0. The van der Waals surface area contributed by atoms with Crippen LogP contribution in [0.5, 0.6) is 0 Å². The Kier molecular flexibility index (Phi) is 7.55. The predicted molar refractivity (Wildman–Crippen MR) is 117 cm³/mol. The lowest BCUT2D eigenvalue weighted by molar-refractivity contribution is 0.0160. The second kappa shape index (κ2) is 9.27. The summed E-state index contributed by atoms with van der Waals surface area (Å²) in [6.45, 7) is 14.8. The maximum Gasteiger partial charge on any atom is 0.410 e. The number of piperidine rings is 1. The number of hydrogen-bond acceptors (Lipinski definition) is 2. The van der Waals surface area contributed by atoms with E-state index in [4.69, 9.17) is 4.74 Å². The number of likely N-dealkylation sites (tertiary alicyclic amines) is 1. The van der Waals surface area contributed by atoms with Crippen molar-refractivity contribution in [3.63, 3.8) is 0 Å². The van der Waals surface area contributed by atoms with Crippen LogP contribution in [0, 0.1) is 11.8 Å². The molecule has 152 valence electrons. The Bertz CT molecular complexity index is 586. The standard InChI is InChI=1S/C23H39NO2Si/c1-7-11-20(18-27(5,6)21-12-9-8-10-13-21)19-14-16-24(17-15-19)22(25)26-23(2,3)4/h8-10,12-13,19-20H,7,11,14-18H2,1-6H3. The summed E-state index contributed by atoms with van der Waals surface area (Å²) < 4.78 is 5.55. The van der Waals surface area contributed by atoms with E-state index in [0.29, 0.717) is 0 Å². The number of ether oxygens (including phenoxy) is 1. The zero-order valence-electron chi connectivity index (χ0n) is 18.3. The van der Waals surface area contributed by atoms with Gasteiger partial charge in [0.2, 0.25) is 0 Å². The van der Waals surface area contributed by atoms with Crippen LogP contribution in [-0.4, -0.2) is 37.8 Å². The van der Waals surface area contributed by atoms with Gasteiger partial charge in [0.15, 0.2) is 0 Å². The van der Waals surface area contributed by atoms with Gasteiger partial charge < -0.3 is 9.64 Å². The molecule has 1 amide bonds. The zero-order chi connectivity index (χ0) is 20.1. The largest absolute Gasteiger partial charge is 0.444 e. The van der Waals surface area contributed by atoms with Gasteiger partial charge in [-0.2, -0.15) is 0 Å². The minimum Gasteiger partial charge on any atom is -0.444 e. The van der Waals surface area contributed by atoms with Crippen LogP contribution in [0.1, 0.15) is 53.4 Å². The molecule has 1 aromatic rings. The highest BCUT2D eigenvalue weighted by Crippen LogP contribution is 2.34. The topological polar surface area (TPSA) is 29.5 Å². The fourth-order valence-corrected chi connectivity index (χ4v) is 7.60. The Morgan fingerprint density at radius 2 is 1.78 bits per heavy atom. The van der Waals surface area contributed by atoms with E-state index < -0.39 is 13.7 Å². The normalized spacial score (nSPS) is 17.6. The third kappa shape index (κ3) is 6.67. The number of carbonyl (C=O) groups is 1. The molecular formula is C23H39NO2Si. The molecule has 0 saturated carbocycles. The van der Waals surface area contributed by atoms with Crippen molar-refractivity contribution in [1.29, 1.82) is 0 Å². The average Bonchev–Trinajstić information content (AvgIpc) is 2.61. The van der Waals surface area contributed by atoms with Gasteiger partial charge in [0.1, 0.15) is 5.60 Å². The lowest BCUT2D eigenvalue weighted by Crippen LogP contribution is -2.46. The summed E-state index contributed by atoms with van der Waals surface area (Å²) in [5.74, 6) is 1.51. The van der Waals surface area contributed by atoms with Crippen LogP contribution in [0.15, 0.2) is 30.3 Å². The fourth-order valence-electron chi connectivity index (χ4n) is 4.42. The van der Waals surface area contributed by atoms with Crippen LogP contribution in [0.4, 0.5) is 4.79 Å². The van der Waals surface area contributed by atoms with Gasteiger partial charge in [-0.3, -0.25) is 0 Å². The number of carbonyl (C=O) groups excluding carboxylic acids is 1. The first-order valence-electron chi connectivity index (χ1n) is 10.7. The maximum absolute atomic E-state index is 12.3. The van der Waals surface area contributed by atoms with Crippen molar-refractivity contribution >= 4 is 19.4 Å². The minimum absolute atomic E-state index is 0.146. The van der Waals surface area contributed by atoms with E-state index in [9.17, 15) is 4.79 Å². The van der Waals surface area contributed by atoms with E-state index in [-0.39, 0.29) is 6.09 Å². The van der Waals surface area contributed by atoms with Gasteiger partial charge in [-0.15, -0.1) is 0 Å². The molecule has 1 fully saturated rings. The second-order valence-corrected chi connectivity index (χ2v) is 14.6. The first-order valence-corrected chi connectivity index (χ1v) is 13.9. The van der Waals surface area contributed by atoms with Gasteiger partial charge in [0, 0.05) is 13.1 Å². The minimum atomic E-state index is -1.44. The van der Waals surface area contributed by atoms with Crippen molar-refractivity contribution in [1.82, 2.24) is 4.90 Å². The summed E-state index contributed by atoms with van der Waals surface area (Å²) in [6, 6.07) is 12.5. The molecule has 0 aliphatic carbocycles. The number of benzene rings is 1. The molecule has 0 spiro atoms. The van der Waals surface area contributed by atoms with Crippen LogP contribution in [0.25, 0.3) is 0 Å². The lowest BCUT2D eigenvalue weighted by Gasteiger charge is -2.39. The van der Waals surface area contributed by atoms with Gasteiger partial charge in [0.05, 0.1) is 8.07 Å². The van der Waals surface area contributed by atoms with Crippen LogP contribution < -0.4 is 5.19 Å². The Morgan fingerprint density at radius 1 is 1.19 bits per heavy atom. The molecule has 1 aromatic carbocycles. The van der Waals surface area contributed by atoms with Crippen LogP contribution in [0.3, 0.4) is 0 Å². The molecule has 4 heteroatoms. The number of nitrogens with zero attached hydrogens (tertiary/aromatic N) is 1. The van der Waals surface area contributed by atoms with Crippen LogP contribution >= 0.6 is 0 Å². The maximum atomic E-state index is 12.3. The third-order valence-electron chi connectivity index (χ3n) is 5.85. The Balaban J connectivity index is 1.97. The lowest BCUT2D eigenvalue weighted by atomic mass is 9.83. The highest BCUT2D eigenvalue weighted by molar-refractivity contribution is 6.89. The van der Waals surface area contributed by atoms with Crippen molar-refractivity contribution in [3.8, 4) is 0 Å². The smallest absolute Gasteiger partial charge is 0.410 e. The van der Waals surface area contributed by atoms with Gasteiger partial charge >= 0.3 is 6.09 Å². The molecular weight excluding hydrogens is 350 g/mol. The molecule has 1 saturated heterocycles. The molecule has 0 radical (unpaired) electrons. The van der Waals surface area contributed by atoms with Crippen molar-refractivity contribution < 1.29 is 9.53 Å². The molecule has 3 nitrogen and oxygen atoms in total. The molecule has 1 unspecified atom stereocenters. The van der Waals surface area contributed by atoms with Crippen molar-refractivity contribution in [3.05, 3.63) is 30.3 Å². The summed E-state index contributed by atoms with van der Waals surface area (Å²) in [7, 11) is -1.44. The summed E-state index contributed by atoms with van der Waals surface area (Å²) in [5.41, 5.74) is -0.413.